The first-order valence-electron chi connectivity index (χ1n) is 9.82. The summed E-state index contributed by atoms with van der Waals surface area (Å²) >= 11 is 0. The van der Waals surface area contributed by atoms with Crippen molar-refractivity contribution in [3.63, 3.8) is 0 Å². The van der Waals surface area contributed by atoms with Gasteiger partial charge in [0.2, 0.25) is 0 Å². The molecular weight excluding hydrogens is 318 g/mol. The van der Waals surface area contributed by atoms with Crippen LogP contribution in [-0.4, -0.2) is 13.1 Å². The van der Waals surface area contributed by atoms with Crippen molar-refractivity contribution < 1.29 is 2.74 Å². The molecule has 0 aliphatic rings. The summed E-state index contributed by atoms with van der Waals surface area (Å²) in [4.78, 5) is 4.69. The SMILES string of the molecule is [2H]C([2H])(c1cc(-c2ccccc2)ncc1[Si](C)(C)C)C(C)c1ccccc1. The molecule has 25 heavy (non-hydrogen) atoms. The minimum Gasteiger partial charge on any atom is -0.256 e. The van der Waals surface area contributed by atoms with Crippen molar-refractivity contribution in [2.45, 2.75) is 38.9 Å². The Morgan fingerprint density at radius 3 is 2.16 bits per heavy atom. The zero-order valence-corrected chi connectivity index (χ0v) is 16.5. The van der Waals surface area contributed by atoms with E-state index in [0.29, 0.717) is 0 Å². The second-order valence-corrected chi connectivity index (χ2v) is 12.5. The molecule has 0 N–H and O–H groups in total. The minimum atomic E-state index is -1.76. The van der Waals surface area contributed by atoms with Gasteiger partial charge in [-0.05, 0) is 34.7 Å². The Kier molecular flexibility index (Phi) is 4.45. The first-order valence-corrected chi connectivity index (χ1v) is 12.3. The Morgan fingerprint density at radius 2 is 1.56 bits per heavy atom. The lowest BCUT2D eigenvalue weighted by Crippen LogP contribution is -2.40. The number of hydrogen-bond acceptors (Lipinski definition) is 1. The molecule has 0 radical (unpaired) electrons. The van der Waals surface area contributed by atoms with Gasteiger partial charge in [0, 0.05) is 14.5 Å². The maximum atomic E-state index is 9.05. The van der Waals surface area contributed by atoms with Crippen molar-refractivity contribution in [2.75, 3.05) is 0 Å². The van der Waals surface area contributed by atoms with E-state index >= 15 is 0 Å². The van der Waals surface area contributed by atoms with Crippen LogP contribution >= 0.6 is 0 Å². The van der Waals surface area contributed by atoms with Gasteiger partial charge in [-0.3, -0.25) is 4.98 Å². The summed E-state index contributed by atoms with van der Waals surface area (Å²) in [6, 6.07) is 21.9. The van der Waals surface area contributed by atoms with Crippen molar-refractivity contribution in [3.05, 3.63) is 84.1 Å². The molecule has 3 rings (SSSR count). The van der Waals surface area contributed by atoms with Crippen LogP contribution in [-0.2, 0) is 6.37 Å². The Balaban J connectivity index is 2.16. The summed E-state index contributed by atoms with van der Waals surface area (Å²) in [5.74, 6) is -0.250. The van der Waals surface area contributed by atoms with E-state index < -0.39 is 14.4 Å². The molecule has 0 amide bonds. The highest BCUT2D eigenvalue weighted by Gasteiger charge is 2.22. The molecular formula is C23H27NSi. The normalized spacial score (nSPS) is 14.6. The topological polar surface area (TPSA) is 12.9 Å². The highest BCUT2D eigenvalue weighted by Crippen LogP contribution is 2.24. The van der Waals surface area contributed by atoms with Crippen LogP contribution < -0.4 is 5.19 Å². The third kappa shape index (κ3) is 4.26. The Hall–Kier alpha value is -2.19. The van der Waals surface area contributed by atoms with Gasteiger partial charge in [0.1, 0.15) is 0 Å². The molecule has 0 saturated carbocycles. The average molecular weight is 348 g/mol. The molecule has 0 spiro atoms. The second-order valence-electron chi connectivity index (χ2n) is 7.51. The number of benzene rings is 2. The van der Waals surface area contributed by atoms with Gasteiger partial charge in [-0.15, -0.1) is 0 Å². The smallest absolute Gasteiger partial charge is 0.0799 e. The molecule has 2 heteroatoms. The Morgan fingerprint density at radius 1 is 0.960 bits per heavy atom. The van der Waals surface area contributed by atoms with Crippen LogP contribution in [0.4, 0.5) is 0 Å². The molecule has 2 aromatic carbocycles. The van der Waals surface area contributed by atoms with Gasteiger partial charge in [-0.2, -0.15) is 0 Å². The maximum Gasteiger partial charge on any atom is 0.0799 e. The van der Waals surface area contributed by atoms with Gasteiger partial charge >= 0.3 is 0 Å². The lowest BCUT2D eigenvalue weighted by Gasteiger charge is -2.23. The van der Waals surface area contributed by atoms with E-state index in [2.05, 4.69) is 24.6 Å². The quantitative estimate of drug-likeness (QED) is 0.544. The summed E-state index contributed by atoms with van der Waals surface area (Å²) in [5, 5.41) is 1.09. The summed E-state index contributed by atoms with van der Waals surface area (Å²) in [6.07, 6.45) is 0.433. The number of aromatic nitrogens is 1. The zero-order chi connectivity index (χ0) is 19.7. The molecule has 128 valence electrons. The monoisotopic (exact) mass is 347 g/mol. The average Bonchev–Trinajstić information content (AvgIpc) is 2.67. The molecule has 0 aliphatic carbocycles. The molecule has 1 unspecified atom stereocenters. The molecule has 0 aliphatic heterocycles. The standard InChI is InChI=1S/C23H27NSi/c1-18(19-11-7-5-8-12-19)15-21-16-22(20-13-9-6-10-14-20)24-17-23(21)25(2,3)4/h5-14,16-18H,15H2,1-4H3/i15D2. The molecule has 0 saturated heterocycles. The first kappa shape index (κ1) is 15.1. The molecule has 1 atom stereocenters. The van der Waals surface area contributed by atoms with Gasteiger partial charge in [0.25, 0.3) is 0 Å². The molecule has 3 aromatic rings. The number of rotatable bonds is 5. The van der Waals surface area contributed by atoms with Crippen LogP contribution in [0, 0.1) is 0 Å². The van der Waals surface area contributed by atoms with Crippen LogP contribution in [0.3, 0.4) is 0 Å². The van der Waals surface area contributed by atoms with E-state index in [4.69, 9.17) is 2.74 Å². The van der Waals surface area contributed by atoms with Crippen molar-refractivity contribution in [1.29, 1.82) is 0 Å². The Bertz CT molecular complexity index is 903. The minimum absolute atomic E-state index is 0.250. The fourth-order valence-corrected chi connectivity index (χ4v) is 4.40. The van der Waals surface area contributed by atoms with Crippen LogP contribution in [0.1, 0.15) is 26.7 Å². The predicted octanol–water partition coefficient (Wildman–Crippen LogP) is 5.64. The highest BCUT2D eigenvalue weighted by atomic mass is 28.3. The summed E-state index contributed by atoms with van der Waals surface area (Å²) in [6.45, 7) is 8.73. The molecule has 1 aromatic heterocycles. The van der Waals surface area contributed by atoms with E-state index in [1.54, 1.807) is 0 Å². The third-order valence-corrected chi connectivity index (χ3v) is 6.47. The molecule has 1 heterocycles. The largest absolute Gasteiger partial charge is 0.256 e. The van der Waals surface area contributed by atoms with Gasteiger partial charge < -0.3 is 0 Å². The molecule has 1 nitrogen and oxygen atoms in total. The lowest BCUT2D eigenvalue weighted by molar-refractivity contribution is 0.761. The summed E-state index contributed by atoms with van der Waals surface area (Å²) in [7, 11) is -1.76. The van der Waals surface area contributed by atoms with Crippen molar-refractivity contribution in [1.82, 2.24) is 4.98 Å². The zero-order valence-electron chi connectivity index (χ0n) is 17.5. The van der Waals surface area contributed by atoms with Crippen molar-refractivity contribution >= 4 is 13.3 Å². The van der Waals surface area contributed by atoms with Crippen molar-refractivity contribution in [3.8, 4) is 11.3 Å². The van der Waals surface area contributed by atoms with Crippen LogP contribution in [0.2, 0.25) is 19.6 Å². The lowest BCUT2D eigenvalue weighted by atomic mass is 9.93. The van der Waals surface area contributed by atoms with Crippen LogP contribution in [0.5, 0.6) is 0 Å². The van der Waals surface area contributed by atoms with Crippen molar-refractivity contribution in [2.24, 2.45) is 0 Å². The second kappa shape index (κ2) is 7.36. The summed E-state index contributed by atoms with van der Waals surface area (Å²) in [5.41, 5.74) is 3.65. The van der Waals surface area contributed by atoms with E-state index in [9.17, 15) is 0 Å². The molecule has 0 bridgehead atoms. The first-order chi connectivity index (χ1) is 12.7. The van der Waals surface area contributed by atoms with Gasteiger partial charge in [0.15, 0.2) is 0 Å². The Labute approximate surface area is 155 Å². The van der Waals surface area contributed by atoms with E-state index in [0.717, 1.165) is 27.6 Å². The highest BCUT2D eigenvalue weighted by molar-refractivity contribution is 6.89. The third-order valence-electron chi connectivity index (χ3n) is 4.45. The fourth-order valence-electron chi connectivity index (χ4n) is 3.00. The number of hydrogen-bond donors (Lipinski definition) is 0. The van der Waals surface area contributed by atoms with Crippen LogP contribution in [0.25, 0.3) is 11.3 Å². The van der Waals surface area contributed by atoms with Gasteiger partial charge in [-0.25, -0.2) is 0 Å². The fraction of sp³-hybridized carbons (Fsp3) is 0.261. The van der Waals surface area contributed by atoms with E-state index in [-0.39, 0.29) is 5.92 Å². The van der Waals surface area contributed by atoms with Crippen LogP contribution in [0.15, 0.2) is 72.9 Å². The van der Waals surface area contributed by atoms with Gasteiger partial charge in [0.05, 0.1) is 13.8 Å². The predicted molar refractivity (Wildman–Crippen MR) is 111 cm³/mol. The van der Waals surface area contributed by atoms with Gasteiger partial charge in [-0.1, -0.05) is 87.2 Å². The van der Waals surface area contributed by atoms with E-state index in [1.807, 2.05) is 79.9 Å². The molecule has 0 fully saturated rings. The number of pyridine rings is 1. The number of nitrogens with zero attached hydrogens (tertiary/aromatic N) is 1. The maximum absolute atomic E-state index is 9.05. The summed E-state index contributed by atoms with van der Waals surface area (Å²) < 4.78 is 18.1. The van der Waals surface area contributed by atoms with E-state index in [1.165, 1.54) is 0 Å².